The van der Waals surface area contributed by atoms with Gasteiger partial charge in [-0.15, -0.1) is 5.11 Å². The number of imidazole rings is 1. The smallest absolute Gasteiger partial charge is 0.268 e. The average Bonchev–Trinajstić information content (AvgIpc) is 3.34. The van der Waals surface area contributed by atoms with Crippen LogP contribution in [0.4, 0.5) is 23.0 Å². The molecule has 184 valence electrons. The summed E-state index contributed by atoms with van der Waals surface area (Å²) in [4.78, 5) is 20.9. The molecule has 1 atom stereocenters. The average molecular weight is 505 g/mol. The van der Waals surface area contributed by atoms with Crippen molar-refractivity contribution in [2.75, 3.05) is 11.1 Å². The van der Waals surface area contributed by atoms with Crippen LogP contribution in [-0.4, -0.2) is 34.3 Å². The summed E-state index contributed by atoms with van der Waals surface area (Å²) in [5, 5.41) is 10.8. The number of carbonyl (C=O) groups is 1. The van der Waals surface area contributed by atoms with Gasteiger partial charge in [0.2, 0.25) is 5.91 Å². The highest BCUT2D eigenvalue weighted by Crippen LogP contribution is 2.24. The molecular weight excluding hydrogens is 480 g/mol. The van der Waals surface area contributed by atoms with E-state index in [0.717, 1.165) is 9.54 Å². The number of aryl methyl sites for hydroxylation is 1. The molecule has 1 amide bonds. The minimum Gasteiger partial charge on any atom is -0.382 e. The van der Waals surface area contributed by atoms with Crippen molar-refractivity contribution in [3.8, 4) is 0 Å². The Morgan fingerprint density at radius 1 is 1.06 bits per heavy atom. The van der Waals surface area contributed by atoms with Gasteiger partial charge in [-0.2, -0.15) is 5.11 Å². The van der Waals surface area contributed by atoms with Crippen molar-refractivity contribution in [1.82, 2.24) is 13.9 Å². The molecule has 0 aliphatic carbocycles. The summed E-state index contributed by atoms with van der Waals surface area (Å²) in [6, 6.07) is 17.7. The van der Waals surface area contributed by atoms with Crippen molar-refractivity contribution in [3.63, 3.8) is 0 Å². The molecular formula is C24H24N8O3S. The number of nitrogens with two attached hydrogens (primary N) is 2. The van der Waals surface area contributed by atoms with Gasteiger partial charge in [0.15, 0.2) is 5.82 Å². The quantitative estimate of drug-likeness (QED) is 0.309. The van der Waals surface area contributed by atoms with Crippen LogP contribution in [0.5, 0.6) is 0 Å². The highest BCUT2D eigenvalue weighted by atomic mass is 32.2. The van der Waals surface area contributed by atoms with Gasteiger partial charge in [0, 0.05) is 12.6 Å². The summed E-state index contributed by atoms with van der Waals surface area (Å²) < 4.78 is 26.6. The zero-order valence-electron chi connectivity index (χ0n) is 19.3. The number of benzene rings is 2. The summed E-state index contributed by atoms with van der Waals surface area (Å²) in [6.45, 7) is 1.87. The first kappa shape index (κ1) is 24.7. The predicted octanol–water partition coefficient (Wildman–Crippen LogP) is 3.33. The zero-order chi connectivity index (χ0) is 25.7. The molecule has 5 N–H and O–H groups in total. The number of nitrogens with zero attached hydrogens (tertiary/aromatic N) is 5. The van der Waals surface area contributed by atoms with Gasteiger partial charge in [0.1, 0.15) is 17.8 Å². The van der Waals surface area contributed by atoms with Gasteiger partial charge in [0.25, 0.3) is 10.0 Å². The van der Waals surface area contributed by atoms with Crippen LogP contribution >= 0.6 is 0 Å². The Morgan fingerprint density at radius 3 is 2.47 bits per heavy atom. The Labute approximate surface area is 208 Å². The summed E-state index contributed by atoms with van der Waals surface area (Å²) >= 11 is 0. The van der Waals surface area contributed by atoms with E-state index in [-0.39, 0.29) is 23.0 Å². The van der Waals surface area contributed by atoms with E-state index in [1.54, 1.807) is 30.3 Å². The van der Waals surface area contributed by atoms with Crippen molar-refractivity contribution in [2.24, 2.45) is 16.0 Å². The van der Waals surface area contributed by atoms with Gasteiger partial charge in [-0.05, 0) is 43.3 Å². The van der Waals surface area contributed by atoms with Crippen LogP contribution in [0.1, 0.15) is 11.3 Å². The van der Waals surface area contributed by atoms with E-state index >= 15 is 0 Å². The molecule has 0 radical (unpaired) electrons. The molecule has 2 heterocycles. The number of azo groups is 1. The third-order valence-corrected chi connectivity index (χ3v) is 6.78. The monoisotopic (exact) mass is 504 g/mol. The molecule has 4 rings (SSSR count). The van der Waals surface area contributed by atoms with E-state index in [1.165, 1.54) is 30.7 Å². The zero-order valence-corrected chi connectivity index (χ0v) is 20.1. The minimum atomic E-state index is -3.80. The molecule has 0 bridgehead atoms. The lowest BCUT2D eigenvalue weighted by Crippen LogP contribution is -2.37. The van der Waals surface area contributed by atoms with Gasteiger partial charge in [-0.1, -0.05) is 35.9 Å². The van der Waals surface area contributed by atoms with Crippen LogP contribution in [0, 0.1) is 6.92 Å². The molecule has 0 fully saturated rings. The first-order valence-corrected chi connectivity index (χ1v) is 12.3. The second-order valence-electron chi connectivity index (χ2n) is 7.95. The van der Waals surface area contributed by atoms with Gasteiger partial charge >= 0.3 is 0 Å². The first-order valence-electron chi connectivity index (χ1n) is 10.9. The maximum Gasteiger partial charge on any atom is 0.268 e. The third-order valence-electron chi connectivity index (χ3n) is 5.16. The number of nitrogen functional groups attached to an aromatic ring is 1. The fourth-order valence-electron chi connectivity index (χ4n) is 3.18. The van der Waals surface area contributed by atoms with E-state index in [1.807, 2.05) is 25.1 Å². The van der Waals surface area contributed by atoms with Crippen molar-refractivity contribution < 1.29 is 13.2 Å². The Morgan fingerprint density at radius 2 is 1.78 bits per heavy atom. The van der Waals surface area contributed by atoms with E-state index in [2.05, 4.69) is 25.5 Å². The van der Waals surface area contributed by atoms with Gasteiger partial charge in [-0.3, -0.25) is 4.79 Å². The first-order chi connectivity index (χ1) is 17.2. The van der Waals surface area contributed by atoms with Crippen LogP contribution in [0.15, 0.2) is 94.4 Å². The second kappa shape index (κ2) is 10.5. The highest BCUT2D eigenvalue weighted by molar-refractivity contribution is 7.90. The van der Waals surface area contributed by atoms with Crippen LogP contribution in [0.3, 0.4) is 0 Å². The molecule has 2 aromatic carbocycles. The number of aromatic nitrogens is 3. The Kier molecular flexibility index (Phi) is 7.17. The SMILES string of the molecule is Cc1ccc(S(=O)(=O)n2cnc(C[C@H](N)C(=O)Nc3ccc(N=Nc4ccccc4)c(N)n3)c2)cc1. The standard InChI is InChI=1S/C24H24N8O3S/c1-16-7-9-19(10-8-16)36(34,35)32-14-18(27-15-32)13-20(25)24(33)29-22-12-11-21(23(26)28-22)31-30-17-5-3-2-4-6-17/h2-12,14-15,20H,13,25H2,1H3,(H3,26,28,29,33)/t20-/m0/s1. The Balaban J connectivity index is 1.38. The lowest BCUT2D eigenvalue weighted by Gasteiger charge is -2.11. The van der Waals surface area contributed by atoms with Gasteiger partial charge in [-0.25, -0.2) is 22.4 Å². The Hall–Kier alpha value is -4.42. The van der Waals surface area contributed by atoms with Gasteiger partial charge < -0.3 is 16.8 Å². The molecule has 2 aromatic heterocycles. The summed E-state index contributed by atoms with van der Waals surface area (Å²) in [7, 11) is -3.80. The minimum absolute atomic E-state index is 0.0150. The molecule has 11 nitrogen and oxygen atoms in total. The maximum atomic E-state index is 12.8. The number of nitrogens with one attached hydrogen (secondary N) is 1. The number of hydrogen-bond acceptors (Lipinski definition) is 9. The summed E-state index contributed by atoms with van der Waals surface area (Å²) in [5.74, 6) is -0.253. The second-order valence-corrected chi connectivity index (χ2v) is 9.79. The van der Waals surface area contributed by atoms with Crippen LogP contribution in [0.25, 0.3) is 0 Å². The van der Waals surface area contributed by atoms with Crippen molar-refractivity contribution in [2.45, 2.75) is 24.3 Å². The summed E-state index contributed by atoms with van der Waals surface area (Å²) in [5.41, 5.74) is 14.3. The lowest BCUT2D eigenvalue weighted by molar-refractivity contribution is -0.117. The van der Waals surface area contributed by atoms with E-state index < -0.39 is 22.0 Å². The van der Waals surface area contributed by atoms with E-state index in [0.29, 0.717) is 17.1 Å². The number of pyridine rings is 1. The fourth-order valence-corrected chi connectivity index (χ4v) is 4.33. The van der Waals surface area contributed by atoms with E-state index in [9.17, 15) is 13.2 Å². The number of amides is 1. The highest BCUT2D eigenvalue weighted by Gasteiger charge is 2.20. The van der Waals surface area contributed by atoms with Crippen LogP contribution < -0.4 is 16.8 Å². The molecule has 0 aliphatic rings. The molecule has 36 heavy (non-hydrogen) atoms. The fraction of sp³-hybridized carbons (Fsp3) is 0.125. The molecule has 12 heteroatoms. The van der Waals surface area contributed by atoms with Crippen molar-refractivity contribution >= 4 is 38.9 Å². The number of rotatable bonds is 8. The molecule has 0 saturated carbocycles. The topological polar surface area (TPSA) is 171 Å². The predicted molar refractivity (Wildman–Crippen MR) is 136 cm³/mol. The molecule has 0 aliphatic heterocycles. The molecule has 0 saturated heterocycles. The lowest BCUT2D eigenvalue weighted by atomic mass is 10.1. The van der Waals surface area contributed by atoms with Crippen molar-refractivity contribution in [3.05, 3.63) is 90.5 Å². The number of carbonyl (C=O) groups excluding carboxylic acids is 1. The van der Waals surface area contributed by atoms with E-state index in [4.69, 9.17) is 11.5 Å². The molecule has 0 unspecified atom stereocenters. The Bertz CT molecular complexity index is 1500. The molecule has 0 spiro atoms. The van der Waals surface area contributed by atoms with Gasteiger partial charge in [0.05, 0.1) is 22.3 Å². The number of hydrogen-bond donors (Lipinski definition) is 3. The normalized spacial score (nSPS) is 12.5. The third kappa shape index (κ3) is 5.79. The maximum absolute atomic E-state index is 12.8. The molecule has 4 aromatic rings. The number of anilines is 2. The largest absolute Gasteiger partial charge is 0.382 e. The summed E-state index contributed by atoms with van der Waals surface area (Å²) in [6.07, 6.45) is 2.53. The van der Waals surface area contributed by atoms with Crippen molar-refractivity contribution in [1.29, 1.82) is 0 Å². The van der Waals surface area contributed by atoms with Crippen LogP contribution in [-0.2, 0) is 21.2 Å². The van der Waals surface area contributed by atoms with Crippen LogP contribution in [0.2, 0.25) is 0 Å².